The Kier molecular flexibility index (Phi) is 3.65. The molecule has 0 aliphatic carbocycles. The number of carbonyl (C=O) groups is 1. The lowest BCUT2D eigenvalue weighted by Crippen LogP contribution is -2.06. The second-order valence-electron chi connectivity index (χ2n) is 2.11. The molecule has 0 bridgehead atoms. The molecule has 1 heterocycles. The quantitative estimate of drug-likeness (QED) is 0.765. The second-order valence-corrected chi connectivity index (χ2v) is 3.80. The Hall–Kier alpha value is -0.880. The number of rotatable bonds is 3. The molecule has 0 saturated heterocycles. The summed E-state index contributed by atoms with van der Waals surface area (Å²) in [5, 5.41) is 0. The van der Waals surface area contributed by atoms with Crippen molar-refractivity contribution in [1.29, 1.82) is 0 Å². The van der Waals surface area contributed by atoms with Crippen LogP contribution in [0, 0.1) is 0 Å². The first kappa shape index (κ1) is 11.2. The van der Waals surface area contributed by atoms with Gasteiger partial charge in [-0.1, -0.05) is 11.6 Å². The Morgan fingerprint density at radius 2 is 2.29 bits per heavy atom. The van der Waals surface area contributed by atoms with Crippen LogP contribution in [0.5, 0.6) is 5.75 Å². The van der Waals surface area contributed by atoms with E-state index in [9.17, 15) is 13.6 Å². The molecule has 0 N–H and O–H groups in total. The molecular formula is C7H5ClF2O3S. The summed E-state index contributed by atoms with van der Waals surface area (Å²) in [6, 6.07) is 1.14. The van der Waals surface area contributed by atoms with Crippen LogP contribution in [-0.2, 0) is 4.74 Å². The molecule has 1 rings (SSSR count). The fourth-order valence-corrected chi connectivity index (χ4v) is 1.83. The van der Waals surface area contributed by atoms with Gasteiger partial charge in [0.05, 0.1) is 11.4 Å². The summed E-state index contributed by atoms with van der Waals surface area (Å²) in [7, 11) is 1.14. The first-order valence-corrected chi connectivity index (χ1v) is 4.56. The normalized spacial score (nSPS) is 10.4. The number of carbonyl (C=O) groups excluding carboxylic acids is 1. The molecule has 0 atom stereocenters. The standard InChI is InChI=1S/C7H5ClF2O3S/c1-12-6(11)5-3(13-7(9)10)2-4(8)14-5/h2,7H,1H3. The maximum Gasteiger partial charge on any atom is 0.387 e. The molecule has 0 fully saturated rings. The van der Waals surface area contributed by atoms with Gasteiger partial charge in [0.15, 0.2) is 10.6 Å². The summed E-state index contributed by atoms with van der Waals surface area (Å²) in [6.45, 7) is -3.00. The van der Waals surface area contributed by atoms with E-state index in [1.165, 1.54) is 0 Å². The zero-order valence-corrected chi connectivity index (χ0v) is 8.49. The molecule has 0 saturated carbocycles. The van der Waals surface area contributed by atoms with Crippen LogP contribution >= 0.6 is 22.9 Å². The third kappa shape index (κ3) is 2.55. The van der Waals surface area contributed by atoms with Gasteiger partial charge in [-0.05, 0) is 0 Å². The first-order valence-electron chi connectivity index (χ1n) is 3.37. The van der Waals surface area contributed by atoms with Crippen molar-refractivity contribution in [2.75, 3.05) is 7.11 Å². The third-order valence-electron chi connectivity index (χ3n) is 1.25. The van der Waals surface area contributed by atoms with E-state index in [-0.39, 0.29) is 15.0 Å². The van der Waals surface area contributed by atoms with E-state index < -0.39 is 12.6 Å². The molecule has 0 unspecified atom stereocenters. The average Bonchev–Trinajstić information content (AvgIpc) is 2.44. The minimum Gasteiger partial charge on any atom is -0.465 e. The molecule has 78 valence electrons. The second kappa shape index (κ2) is 4.56. The van der Waals surface area contributed by atoms with Crippen LogP contribution in [0.25, 0.3) is 0 Å². The first-order chi connectivity index (χ1) is 6.54. The van der Waals surface area contributed by atoms with Gasteiger partial charge < -0.3 is 9.47 Å². The van der Waals surface area contributed by atoms with Crippen molar-refractivity contribution in [2.24, 2.45) is 0 Å². The van der Waals surface area contributed by atoms with E-state index in [4.69, 9.17) is 11.6 Å². The fraction of sp³-hybridized carbons (Fsp3) is 0.286. The summed E-state index contributed by atoms with van der Waals surface area (Å²) >= 11 is 6.36. The zero-order chi connectivity index (χ0) is 10.7. The number of ether oxygens (including phenoxy) is 2. The van der Waals surface area contributed by atoms with E-state index >= 15 is 0 Å². The highest BCUT2D eigenvalue weighted by molar-refractivity contribution is 7.18. The Balaban J connectivity index is 2.96. The molecule has 0 radical (unpaired) electrons. The topological polar surface area (TPSA) is 35.5 Å². The molecule has 1 aromatic heterocycles. The number of esters is 1. The Morgan fingerprint density at radius 3 is 2.79 bits per heavy atom. The van der Waals surface area contributed by atoms with Gasteiger partial charge in [-0.2, -0.15) is 8.78 Å². The van der Waals surface area contributed by atoms with Crippen molar-refractivity contribution in [3.05, 3.63) is 15.3 Å². The average molecular weight is 243 g/mol. The highest BCUT2D eigenvalue weighted by Gasteiger charge is 2.20. The van der Waals surface area contributed by atoms with E-state index in [2.05, 4.69) is 9.47 Å². The highest BCUT2D eigenvalue weighted by Crippen LogP contribution is 2.34. The van der Waals surface area contributed by atoms with E-state index in [0.29, 0.717) is 0 Å². The lowest BCUT2D eigenvalue weighted by Gasteiger charge is -2.03. The van der Waals surface area contributed by atoms with Crippen LogP contribution in [-0.4, -0.2) is 19.7 Å². The summed E-state index contributed by atoms with van der Waals surface area (Å²) in [5.41, 5.74) is 0. The highest BCUT2D eigenvalue weighted by atomic mass is 35.5. The monoisotopic (exact) mass is 242 g/mol. The van der Waals surface area contributed by atoms with Gasteiger partial charge in [-0.15, -0.1) is 11.3 Å². The van der Waals surface area contributed by atoms with Gasteiger partial charge in [-0.25, -0.2) is 4.79 Å². The smallest absolute Gasteiger partial charge is 0.387 e. The summed E-state index contributed by atoms with van der Waals surface area (Å²) in [4.78, 5) is 11.0. The predicted octanol–water partition coefficient (Wildman–Crippen LogP) is 2.79. The van der Waals surface area contributed by atoms with Crippen molar-refractivity contribution in [1.82, 2.24) is 0 Å². The molecule has 14 heavy (non-hydrogen) atoms. The molecule has 0 spiro atoms. The summed E-state index contributed by atoms with van der Waals surface area (Å²) in [6.07, 6.45) is 0. The number of hydrogen-bond donors (Lipinski definition) is 0. The Morgan fingerprint density at radius 1 is 1.64 bits per heavy atom. The largest absolute Gasteiger partial charge is 0.465 e. The van der Waals surface area contributed by atoms with Crippen LogP contribution in [0.15, 0.2) is 6.07 Å². The van der Waals surface area contributed by atoms with Crippen LogP contribution in [0.2, 0.25) is 4.34 Å². The minimum absolute atomic E-state index is 0.0715. The van der Waals surface area contributed by atoms with Gasteiger partial charge in [0.25, 0.3) is 0 Å². The lowest BCUT2D eigenvalue weighted by atomic mass is 10.4. The van der Waals surface area contributed by atoms with E-state index in [1.807, 2.05) is 0 Å². The molecule has 7 heteroatoms. The van der Waals surface area contributed by atoms with E-state index in [0.717, 1.165) is 24.5 Å². The molecule has 3 nitrogen and oxygen atoms in total. The Bertz CT molecular complexity index is 340. The molecule has 0 amide bonds. The molecule has 1 aromatic rings. The van der Waals surface area contributed by atoms with Gasteiger partial charge in [0, 0.05) is 6.07 Å². The number of halogens is 3. The number of methoxy groups -OCH3 is 1. The van der Waals surface area contributed by atoms with Crippen molar-refractivity contribution in [2.45, 2.75) is 6.61 Å². The number of hydrogen-bond acceptors (Lipinski definition) is 4. The zero-order valence-electron chi connectivity index (χ0n) is 6.92. The molecule has 0 aromatic carbocycles. The minimum atomic E-state index is -3.00. The third-order valence-corrected chi connectivity index (χ3v) is 2.48. The molecular weight excluding hydrogens is 238 g/mol. The molecule has 0 aliphatic rings. The SMILES string of the molecule is COC(=O)c1sc(Cl)cc1OC(F)F. The summed E-state index contributed by atoms with van der Waals surface area (Å²) < 4.78 is 32.4. The summed E-state index contributed by atoms with van der Waals surface area (Å²) in [5.74, 6) is -1.01. The maximum atomic E-state index is 11.9. The van der Waals surface area contributed by atoms with Gasteiger partial charge in [0.2, 0.25) is 0 Å². The van der Waals surface area contributed by atoms with Crippen LogP contribution in [0.3, 0.4) is 0 Å². The number of thiophene rings is 1. The van der Waals surface area contributed by atoms with Crippen molar-refractivity contribution < 1.29 is 23.0 Å². The maximum absolute atomic E-state index is 11.9. The van der Waals surface area contributed by atoms with Crippen molar-refractivity contribution >= 4 is 28.9 Å². The Labute approximate surface area is 87.2 Å². The van der Waals surface area contributed by atoms with Crippen molar-refractivity contribution in [3.8, 4) is 5.75 Å². The predicted molar refractivity (Wildman–Crippen MR) is 47.3 cm³/mol. The van der Waals surface area contributed by atoms with Crippen molar-refractivity contribution in [3.63, 3.8) is 0 Å². The van der Waals surface area contributed by atoms with Crippen LogP contribution < -0.4 is 4.74 Å². The fourth-order valence-electron chi connectivity index (χ4n) is 0.764. The van der Waals surface area contributed by atoms with Gasteiger partial charge in [-0.3, -0.25) is 0 Å². The van der Waals surface area contributed by atoms with Gasteiger partial charge in [0.1, 0.15) is 0 Å². The van der Waals surface area contributed by atoms with Gasteiger partial charge >= 0.3 is 12.6 Å². The lowest BCUT2D eigenvalue weighted by molar-refractivity contribution is -0.0500. The number of alkyl halides is 2. The molecule has 0 aliphatic heterocycles. The van der Waals surface area contributed by atoms with Crippen LogP contribution in [0.4, 0.5) is 8.78 Å². The van der Waals surface area contributed by atoms with Crippen LogP contribution in [0.1, 0.15) is 9.67 Å². The van der Waals surface area contributed by atoms with E-state index in [1.54, 1.807) is 0 Å².